The highest BCUT2D eigenvalue weighted by atomic mass is 19.1. The highest BCUT2D eigenvalue weighted by Gasteiger charge is 2.24. The van der Waals surface area contributed by atoms with Gasteiger partial charge >= 0.3 is 5.97 Å². The number of hydrogen-bond donors (Lipinski definition) is 1. The van der Waals surface area contributed by atoms with Gasteiger partial charge in [0, 0.05) is 0 Å². The van der Waals surface area contributed by atoms with Crippen LogP contribution in [0.4, 0.5) is 4.39 Å². The van der Waals surface area contributed by atoms with Crippen LogP contribution in [0.25, 0.3) is 0 Å². The summed E-state index contributed by atoms with van der Waals surface area (Å²) in [5.74, 6) is -0.457. The minimum atomic E-state index is -1.44. The highest BCUT2D eigenvalue weighted by Crippen LogP contribution is 2.16. The van der Waals surface area contributed by atoms with Crippen LogP contribution in [-0.4, -0.2) is 32.3 Å². The number of alkyl halides is 1. The van der Waals surface area contributed by atoms with Gasteiger partial charge in [-0.1, -0.05) is 0 Å². The maximum atomic E-state index is 12.9. The Morgan fingerprint density at radius 2 is 2.58 bits per heavy atom. The molecule has 0 spiro atoms. The number of methoxy groups -OCH3 is 1. The molecule has 1 aliphatic rings. The molecule has 0 aromatic rings. The molecular weight excluding hydrogens is 161 g/mol. The lowest BCUT2D eigenvalue weighted by molar-refractivity contribution is -0.147. The monoisotopic (exact) mass is 175 g/mol. The molecule has 1 N–H and O–H groups in total. The molecule has 3 nitrogen and oxygen atoms in total. The van der Waals surface area contributed by atoms with Crippen LogP contribution < -0.4 is 5.32 Å². The summed E-state index contributed by atoms with van der Waals surface area (Å²) in [4.78, 5) is 10.7. The second-order valence-electron chi connectivity index (χ2n) is 3.09. The molecule has 0 aromatic carbocycles. The van der Waals surface area contributed by atoms with E-state index in [9.17, 15) is 9.18 Å². The number of ether oxygens (including phenoxy) is 1. The lowest BCUT2D eigenvalue weighted by Crippen LogP contribution is -2.21. The van der Waals surface area contributed by atoms with Crippen molar-refractivity contribution in [3.8, 4) is 0 Å². The second-order valence-corrected chi connectivity index (χ2v) is 3.09. The average molecular weight is 175 g/mol. The number of nitrogens with one attached hydrogen (secondary N) is 1. The van der Waals surface area contributed by atoms with Crippen LogP contribution in [0.2, 0.25) is 0 Å². The molecule has 1 aliphatic heterocycles. The molecule has 1 saturated heterocycles. The van der Waals surface area contributed by atoms with Crippen LogP contribution in [0.1, 0.15) is 12.8 Å². The Kier molecular flexibility index (Phi) is 3.47. The number of rotatable bonds is 3. The van der Waals surface area contributed by atoms with Crippen molar-refractivity contribution < 1.29 is 13.9 Å². The van der Waals surface area contributed by atoms with E-state index < -0.39 is 12.1 Å². The summed E-state index contributed by atoms with van der Waals surface area (Å²) in [7, 11) is 1.21. The van der Waals surface area contributed by atoms with Crippen LogP contribution in [0, 0.1) is 5.92 Å². The van der Waals surface area contributed by atoms with Gasteiger partial charge in [-0.05, 0) is 31.8 Å². The summed E-state index contributed by atoms with van der Waals surface area (Å²) in [6, 6.07) is 0. The van der Waals surface area contributed by atoms with E-state index in [-0.39, 0.29) is 0 Å². The number of halogens is 1. The first-order valence-corrected chi connectivity index (χ1v) is 4.16. The van der Waals surface area contributed by atoms with E-state index >= 15 is 0 Å². The quantitative estimate of drug-likeness (QED) is 0.635. The summed E-state index contributed by atoms with van der Waals surface area (Å²) >= 11 is 0. The third kappa shape index (κ3) is 2.44. The van der Waals surface area contributed by atoms with E-state index in [0.29, 0.717) is 12.3 Å². The van der Waals surface area contributed by atoms with Gasteiger partial charge in [-0.3, -0.25) is 0 Å². The Hall–Kier alpha value is -0.640. The number of hydrogen-bond acceptors (Lipinski definition) is 3. The van der Waals surface area contributed by atoms with Crippen molar-refractivity contribution >= 4 is 5.97 Å². The van der Waals surface area contributed by atoms with Gasteiger partial charge in [-0.25, -0.2) is 9.18 Å². The molecule has 4 heteroatoms. The van der Waals surface area contributed by atoms with Crippen LogP contribution in [0.15, 0.2) is 0 Å². The zero-order valence-corrected chi connectivity index (χ0v) is 7.18. The van der Waals surface area contributed by atoms with Crippen molar-refractivity contribution in [3.05, 3.63) is 0 Å². The van der Waals surface area contributed by atoms with Gasteiger partial charge < -0.3 is 10.1 Å². The van der Waals surface area contributed by atoms with Crippen molar-refractivity contribution in [2.45, 2.75) is 19.0 Å². The van der Waals surface area contributed by atoms with E-state index in [1.807, 2.05) is 0 Å². The summed E-state index contributed by atoms with van der Waals surface area (Å²) in [5.41, 5.74) is 0. The Bertz CT molecular complexity index is 157. The fourth-order valence-corrected chi connectivity index (χ4v) is 1.43. The first-order valence-electron chi connectivity index (χ1n) is 4.16. The molecular formula is C8H14FNO2. The summed E-state index contributed by atoms with van der Waals surface area (Å²) in [6.45, 7) is 1.75. The van der Waals surface area contributed by atoms with Gasteiger partial charge in [-0.2, -0.15) is 0 Å². The SMILES string of the molecule is COC(=O)C(F)CC1CCNC1. The van der Waals surface area contributed by atoms with Gasteiger partial charge in [0.05, 0.1) is 7.11 Å². The molecule has 0 saturated carbocycles. The molecule has 0 bridgehead atoms. The minimum absolute atomic E-state index is 0.291. The second kappa shape index (κ2) is 4.40. The van der Waals surface area contributed by atoms with Crippen LogP contribution >= 0.6 is 0 Å². The van der Waals surface area contributed by atoms with E-state index in [0.717, 1.165) is 19.5 Å². The Morgan fingerprint density at radius 3 is 3.08 bits per heavy atom. The molecule has 0 radical (unpaired) electrons. The average Bonchev–Trinajstić information content (AvgIpc) is 2.55. The summed E-state index contributed by atoms with van der Waals surface area (Å²) in [5, 5.41) is 3.12. The molecule has 0 aromatic heterocycles. The van der Waals surface area contributed by atoms with E-state index in [1.54, 1.807) is 0 Å². The van der Waals surface area contributed by atoms with E-state index in [1.165, 1.54) is 7.11 Å². The number of esters is 1. The largest absolute Gasteiger partial charge is 0.467 e. The molecule has 1 rings (SSSR count). The van der Waals surface area contributed by atoms with Crippen molar-refractivity contribution in [3.63, 3.8) is 0 Å². The zero-order chi connectivity index (χ0) is 8.97. The van der Waals surface area contributed by atoms with E-state index in [2.05, 4.69) is 10.1 Å². The van der Waals surface area contributed by atoms with E-state index in [4.69, 9.17) is 0 Å². The van der Waals surface area contributed by atoms with Crippen LogP contribution in [0.5, 0.6) is 0 Å². The normalized spacial score (nSPS) is 25.3. The Morgan fingerprint density at radius 1 is 1.83 bits per heavy atom. The van der Waals surface area contributed by atoms with Gasteiger partial charge in [0.2, 0.25) is 0 Å². The Labute approximate surface area is 71.3 Å². The molecule has 0 amide bonds. The smallest absolute Gasteiger partial charge is 0.340 e. The lowest BCUT2D eigenvalue weighted by atomic mass is 10.0. The van der Waals surface area contributed by atoms with Crippen molar-refractivity contribution in [2.24, 2.45) is 5.92 Å². The maximum Gasteiger partial charge on any atom is 0.340 e. The fourth-order valence-electron chi connectivity index (χ4n) is 1.43. The van der Waals surface area contributed by atoms with Gasteiger partial charge in [-0.15, -0.1) is 0 Å². The maximum absolute atomic E-state index is 12.9. The standard InChI is InChI=1S/C8H14FNO2/c1-12-8(11)7(9)4-6-2-3-10-5-6/h6-7,10H,2-5H2,1H3. The number of carbonyl (C=O) groups excluding carboxylic acids is 1. The fraction of sp³-hybridized carbons (Fsp3) is 0.875. The third-order valence-corrected chi connectivity index (χ3v) is 2.16. The topological polar surface area (TPSA) is 38.3 Å². The van der Waals surface area contributed by atoms with Crippen molar-refractivity contribution in [2.75, 3.05) is 20.2 Å². The first kappa shape index (κ1) is 9.45. The molecule has 1 heterocycles. The van der Waals surface area contributed by atoms with Crippen LogP contribution in [-0.2, 0) is 9.53 Å². The van der Waals surface area contributed by atoms with Crippen molar-refractivity contribution in [1.29, 1.82) is 0 Å². The summed E-state index contributed by atoms with van der Waals surface area (Å²) < 4.78 is 17.2. The predicted octanol–water partition coefficient (Wildman–Crippen LogP) is 0.497. The molecule has 1 fully saturated rings. The zero-order valence-electron chi connectivity index (χ0n) is 7.18. The molecule has 70 valence electrons. The van der Waals surface area contributed by atoms with Gasteiger partial charge in [0.15, 0.2) is 6.17 Å². The Balaban J connectivity index is 2.24. The first-order chi connectivity index (χ1) is 5.74. The molecule has 2 unspecified atom stereocenters. The predicted molar refractivity (Wildman–Crippen MR) is 42.5 cm³/mol. The van der Waals surface area contributed by atoms with Gasteiger partial charge in [0.25, 0.3) is 0 Å². The highest BCUT2D eigenvalue weighted by molar-refractivity contribution is 5.74. The van der Waals surface area contributed by atoms with Crippen LogP contribution in [0.3, 0.4) is 0 Å². The van der Waals surface area contributed by atoms with Gasteiger partial charge in [0.1, 0.15) is 0 Å². The van der Waals surface area contributed by atoms with Crippen molar-refractivity contribution in [1.82, 2.24) is 5.32 Å². The number of carbonyl (C=O) groups is 1. The summed E-state index contributed by atoms with van der Waals surface area (Å²) in [6.07, 6.45) is -0.197. The molecule has 12 heavy (non-hydrogen) atoms. The minimum Gasteiger partial charge on any atom is -0.467 e. The lowest BCUT2D eigenvalue weighted by Gasteiger charge is -2.10. The third-order valence-electron chi connectivity index (χ3n) is 2.16. The molecule has 2 atom stereocenters. The molecule has 0 aliphatic carbocycles.